The Balaban J connectivity index is 2.80. The summed E-state index contributed by atoms with van der Waals surface area (Å²) in [6, 6.07) is 3.87. The van der Waals surface area contributed by atoms with Gasteiger partial charge in [0, 0.05) is 6.04 Å². The van der Waals surface area contributed by atoms with Gasteiger partial charge in [-0.3, -0.25) is 0 Å². The third-order valence-corrected chi connectivity index (χ3v) is 3.14. The second-order valence-electron chi connectivity index (χ2n) is 5.01. The zero-order valence-corrected chi connectivity index (χ0v) is 11.5. The molecule has 0 fully saturated rings. The highest BCUT2D eigenvalue weighted by molar-refractivity contribution is 6.30. The van der Waals surface area contributed by atoms with Crippen molar-refractivity contribution in [1.82, 2.24) is 0 Å². The van der Waals surface area contributed by atoms with Gasteiger partial charge in [0.15, 0.2) is 0 Å². The summed E-state index contributed by atoms with van der Waals surface area (Å²) in [5.41, 5.74) is 7.50. The molecule has 1 atom stereocenters. The zero-order chi connectivity index (χ0) is 13.0. The molecule has 0 heterocycles. The maximum absolute atomic E-state index is 13.7. The molecule has 0 spiro atoms. The highest BCUT2D eigenvalue weighted by Gasteiger charge is 2.12. The molecule has 1 aromatic carbocycles. The van der Waals surface area contributed by atoms with Crippen LogP contribution in [0, 0.1) is 5.82 Å². The lowest BCUT2D eigenvalue weighted by atomic mass is 9.97. The summed E-state index contributed by atoms with van der Waals surface area (Å²) in [6.45, 7) is 5.94. The molecule has 1 rings (SSSR count). The van der Waals surface area contributed by atoms with Crippen molar-refractivity contribution in [1.29, 1.82) is 0 Å². The normalized spacial score (nSPS) is 13.1. The number of halogens is 2. The van der Waals surface area contributed by atoms with Gasteiger partial charge in [0.1, 0.15) is 5.82 Å². The predicted octanol–water partition coefficient (Wildman–Crippen LogP) is 4.27. The fourth-order valence-electron chi connectivity index (χ4n) is 1.86. The quantitative estimate of drug-likeness (QED) is 0.838. The fraction of sp³-hybridized carbons (Fsp3) is 0.571. The number of aryl methyl sites for hydroxylation is 1. The largest absolute Gasteiger partial charge is 0.328 e. The molecule has 1 aromatic rings. The van der Waals surface area contributed by atoms with Gasteiger partial charge in [-0.25, -0.2) is 4.39 Å². The van der Waals surface area contributed by atoms with E-state index in [1.807, 2.05) is 26.8 Å². The predicted molar refractivity (Wildman–Crippen MR) is 72.1 cm³/mol. The first-order valence-corrected chi connectivity index (χ1v) is 6.53. The second-order valence-corrected chi connectivity index (χ2v) is 5.41. The molecule has 0 radical (unpaired) electrons. The molecule has 0 aliphatic heterocycles. The summed E-state index contributed by atoms with van der Waals surface area (Å²) < 4.78 is 13.7. The Morgan fingerprint density at radius 3 is 2.47 bits per heavy atom. The Bertz CT molecular complexity index is 375. The van der Waals surface area contributed by atoms with Crippen LogP contribution in [0.4, 0.5) is 4.39 Å². The molecule has 0 unspecified atom stereocenters. The first kappa shape index (κ1) is 14.5. The fourth-order valence-corrected chi connectivity index (χ4v) is 2.11. The standard InChI is InChI=1S/C14H21ClFN/c1-9(2)12-7-11(6-4-5-10(3)17)8-13(15)14(12)16/h7-10H,4-6,17H2,1-3H3/t10-/m1/s1. The number of hydrogen-bond acceptors (Lipinski definition) is 1. The van der Waals surface area contributed by atoms with E-state index in [0.29, 0.717) is 5.56 Å². The molecule has 0 aliphatic carbocycles. The minimum Gasteiger partial charge on any atom is -0.328 e. The van der Waals surface area contributed by atoms with Crippen LogP contribution in [-0.4, -0.2) is 6.04 Å². The third-order valence-electron chi connectivity index (χ3n) is 2.86. The number of nitrogens with two attached hydrogens (primary N) is 1. The maximum atomic E-state index is 13.7. The topological polar surface area (TPSA) is 26.0 Å². The van der Waals surface area contributed by atoms with E-state index in [0.717, 1.165) is 24.8 Å². The van der Waals surface area contributed by atoms with Crippen molar-refractivity contribution in [2.75, 3.05) is 0 Å². The summed E-state index contributed by atoms with van der Waals surface area (Å²) in [5, 5.41) is 0.229. The molecular formula is C14H21ClFN. The Hall–Kier alpha value is -0.600. The third kappa shape index (κ3) is 4.29. The van der Waals surface area contributed by atoms with Crippen molar-refractivity contribution < 1.29 is 4.39 Å². The van der Waals surface area contributed by atoms with E-state index in [1.165, 1.54) is 0 Å². The SMILES string of the molecule is CC(C)c1cc(CCC[C@@H](C)N)cc(Cl)c1F. The Morgan fingerprint density at radius 2 is 1.94 bits per heavy atom. The van der Waals surface area contributed by atoms with Crippen LogP contribution >= 0.6 is 11.6 Å². The summed E-state index contributed by atoms with van der Waals surface area (Å²) in [6.07, 6.45) is 2.89. The molecule has 0 saturated heterocycles. The first-order valence-electron chi connectivity index (χ1n) is 6.15. The van der Waals surface area contributed by atoms with E-state index in [1.54, 1.807) is 6.07 Å². The van der Waals surface area contributed by atoms with Gasteiger partial charge in [-0.15, -0.1) is 0 Å². The molecule has 0 aliphatic rings. The molecule has 17 heavy (non-hydrogen) atoms. The van der Waals surface area contributed by atoms with Gasteiger partial charge < -0.3 is 5.73 Å². The Morgan fingerprint density at radius 1 is 1.29 bits per heavy atom. The molecule has 2 N–H and O–H groups in total. The van der Waals surface area contributed by atoms with Crippen molar-refractivity contribution >= 4 is 11.6 Å². The number of benzene rings is 1. The highest BCUT2D eigenvalue weighted by atomic mass is 35.5. The maximum Gasteiger partial charge on any atom is 0.145 e. The summed E-state index contributed by atoms with van der Waals surface area (Å²) >= 11 is 5.90. The van der Waals surface area contributed by atoms with Gasteiger partial charge in [0.2, 0.25) is 0 Å². The van der Waals surface area contributed by atoms with Crippen LogP contribution in [0.1, 0.15) is 50.7 Å². The van der Waals surface area contributed by atoms with Crippen LogP contribution < -0.4 is 5.73 Å². The molecule has 96 valence electrons. The molecule has 0 bridgehead atoms. The van der Waals surface area contributed by atoms with Gasteiger partial charge in [0.05, 0.1) is 5.02 Å². The van der Waals surface area contributed by atoms with Crippen LogP contribution in [0.5, 0.6) is 0 Å². The van der Waals surface area contributed by atoms with E-state index in [2.05, 4.69) is 0 Å². The number of rotatable bonds is 5. The van der Waals surface area contributed by atoms with Crippen LogP contribution in [0.25, 0.3) is 0 Å². The lowest BCUT2D eigenvalue weighted by Gasteiger charge is -2.12. The molecule has 0 saturated carbocycles. The molecular weight excluding hydrogens is 237 g/mol. The monoisotopic (exact) mass is 257 g/mol. The van der Waals surface area contributed by atoms with Gasteiger partial charge >= 0.3 is 0 Å². The lowest BCUT2D eigenvalue weighted by molar-refractivity contribution is 0.594. The van der Waals surface area contributed by atoms with Gasteiger partial charge in [-0.2, -0.15) is 0 Å². The van der Waals surface area contributed by atoms with Crippen LogP contribution in [-0.2, 0) is 6.42 Å². The average Bonchev–Trinajstić information content (AvgIpc) is 2.22. The second kappa shape index (κ2) is 6.36. The lowest BCUT2D eigenvalue weighted by Crippen LogP contribution is -2.14. The summed E-state index contributed by atoms with van der Waals surface area (Å²) in [7, 11) is 0. The first-order chi connectivity index (χ1) is 7.91. The zero-order valence-electron chi connectivity index (χ0n) is 10.8. The van der Waals surface area contributed by atoms with Crippen molar-refractivity contribution in [3.63, 3.8) is 0 Å². The summed E-state index contributed by atoms with van der Waals surface area (Å²) in [4.78, 5) is 0. The van der Waals surface area contributed by atoms with E-state index < -0.39 is 0 Å². The highest BCUT2D eigenvalue weighted by Crippen LogP contribution is 2.27. The molecule has 0 aromatic heterocycles. The average molecular weight is 258 g/mol. The molecule has 0 amide bonds. The van der Waals surface area contributed by atoms with Crippen molar-refractivity contribution in [2.24, 2.45) is 5.73 Å². The van der Waals surface area contributed by atoms with E-state index in [9.17, 15) is 4.39 Å². The van der Waals surface area contributed by atoms with Crippen molar-refractivity contribution in [3.05, 3.63) is 34.1 Å². The minimum absolute atomic E-state index is 0.154. The minimum atomic E-state index is -0.280. The van der Waals surface area contributed by atoms with Gasteiger partial charge in [-0.05, 0) is 49.3 Å². The van der Waals surface area contributed by atoms with Gasteiger partial charge in [-0.1, -0.05) is 31.5 Å². The van der Waals surface area contributed by atoms with Crippen molar-refractivity contribution in [3.8, 4) is 0 Å². The van der Waals surface area contributed by atoms with Crippen LogP contribution in [0.3, 0.4) is 0 Å². The van der Waals surface area contributed by atoms with Gasteiger partial charge in [0.25, 0.3) is 0 Å². The molecule has 1 nitrogen and oxygen atoms in total. The van der Waals surface area contributed by atoms with Crippen LogP contribution in [0.2, 0.25) is 5.02 Å². The van der Waals surface area contributed by atoms with Crippen LogP contribution in [0.15, 0.2) is 12.1 Å². The number of hydrogen-bond donors (Lipinski definition) is 1. The van der Waals surface area contributed by atoms with E-state index in [-0.39, 0.29) is 22.8 Å². The Kier molecular flexibility index (Phi) is 5.41. The summed E-state index contributed by atoms with van der Waals surface area (Å²) in [5.74, 6) is -0.126. The molecule has 3 heteroatoms. The van der Waals surface area contributed by atoms with E-state index >= 15 is 0 Å². The van der Waals surface area contributed by atoms with E-state index in [4.69, 9.17) is 17.3 Å². The Labute approximate surface area is 108 Å². The van der Waals surface area contributed by atoms with Crippen molar-refractivity contribution in [2.45, 2.75) is 52.0 Å². The smallest absolute Gasteiger partial charge is 0.145 e.